The first kappa shape index (κ1) is 14.7. The summed E-state index contributed by atoms with van der Waals surface area (Å²) in [7, 11) is 0. The summed E-state index contributed by atoms with van der Waals surface area (Å²) >= 11 is 1.42. The number of benzene rings is 1. The quantitative estimate of drug-likeness (QED) is 0.529. The van der Waals surface area contributed by atoms with E-state index < -0.39 is 0 Å². The van der Waals surface area contributed by atoms with Gasteiger partial charge in [-0.2, -0.15) is 0 Å². The minimum atomic E-state index is -0.293. The Hall–Kier alpha value is -3.20. The molecule has 8 nitrogen and oxygen atoms in total. The third-order valence-corrected chi connectivity index (χ3v) is 3.56. The predicted octanol–water partition coefficient (Wildman–Crippen LogP) is 2.02. The van der Waals surface area contributed by atoms with Crippen LogP contribution in [0.25, 0.3) is 0 Å². The smallest absolute Gasteiger partial charge is 0.269 e. The Labute approximate surface area is 135 Å². The average Bonchev–Trinajstić information content (AvgIpc) is 3.09. The molecule has 0 radical (unpaired) electrons. The second kappa shape index (κ2) is 6.71. The second-order valence-corrected chi connectivity index (χ2v) is 5.29. The van der Waals surface area contributed by atoms with Crippen molar-refractivity contribution < 1.29 is 4.79 Å². The Morgan fingerprint density at radius 2 is 1.87 bits per heavy atom. The molecule has 0 aliphatic heterocycles. The van der Waals surface area contributed by atoms with Gasteiger partial charge in [0.1, 0.15) is 12.0 Å². The van der Waals surface area contributed by atoms with Gasteiger partial charge in [-0.25, -0.2) is 15.0 Å². The Kier molecular flexibility index (Phi) is 4.29. The number of nitrogens with two attached hydrogens (primary N) is 1. The van der Waals surface area contributed by atoms with Crippen LogP contribution < -0.4 is 21.9 Å². The summed E-state index contributed by atoms with van der Waals surface area (Å²) in [4.78, 5) is 24.2. The maximum Gasteiger partial charge on any atom is 0.269 e. The topological polar surface area (TPSA) is 118 Å². The number of thiazole rings is 1. The van der Waals surface area contributed by atoms with Crippen LogP contribution >= 0.6 is 11.3 Å². The van der Waals surface area contributed by atoms with Crippen LogP contribution in [0.1, 0.15) is 10.4 Å². The van der Waals surface area contributed by atoms with Crippen molar-refractivity contribution in [3.8, 4) is 0 Å². The third-order valence-electron chi connectivity index (χ3n) is 2.87. The van der Waals surface area contributed by atoms with Gasteiger partial charge >= 0.3 is 0 Å². The molecule has 0 aliphatic carbocycles. The van der Waals surface area contributed by atoms with Crippen molar-refractivity contribution in [3.63, 3.8) is 0 Å². The number of carbonyl (C=O) groups excluding carboxylic acids is 1. The largest absolute Gasteiger partial charge is 0.393 e. The Morgan fingerprint density at radius 1 is 1.09 bits per heavy atom. The molecule has 116 valence electrons. The predicted molar refractivity (Wildman–Crippen MR) is 89.4 cm³/mol. The van der Waals surface area contributed by atoms with Crippen molar-refractivity contribution in [3.05, 3.63) is 53.8 Å². The molecule has 1 amide bonds. The normalized spacial score (nSPS) is 10.1. The number of rotatable bonds is 5. The summed E-state index contributed by atoms with van der Waals surface area (Å²) < 4.78 is 0. The van der Waals surface area contributed by atoms with Crippen molar-refractivity contribution in [2.75, 3.05) is 16.5 Å². The second-order valence-electron chi connectivity index (χ2n) is 4.39. The van der Waals surface area contributed by atoms with E-state index >= 15 is 0 Å². The van der Waals surface area contributed by atoms with Crippen molar-refractivity contribution in [1.29, 1.82) is 0 Å². The highest BCUT2D eigenvalue weighted by Crippen LogP contribution is 2.25. The maximum atomic E-state index is 12.0. The van der Waals surface area contributed by atoms with Gasteiger partial charge in [0, 0.05) is 17.1 Å². The van der Waals surface area contributed by atoms with Crippen LogP contribution in [0.4, 0.5) is 22.5 Å². The summed E-state index contributed by atoms with van der Waals surface area (Å²) in [6.07, 6.45) is 3.01. The molecule has 5 N–H and O–H groups in total. The first-order valence-corrected chi connectivity index (χ1v) is 7.50. The molecule has 0 spiro atoms. The monoisotopic (exact) mass is 327 g/mol. The molecule has 1 aromatic carbocycles. The molecule has 9 heteroatoms. The van der Waals surface area contributed by atoms with E-state index in [9.17, 15) is 4.79 Å². The Bertz CT molecular complexity index is 792. The molecule has 0 unspecified atom stereocenters. The highest BCUT2D eigenvalue weighted by atomic mass is 32.1. The number of nitrogen functional groups attached to an aromatic ring is 1. The highest BCUT2D eigenvalue weighted by Gasteiger charge is 2.10. The van der Waals surface area contributed by atoms with Gasteiger partial charge in [-0.3, -0.25) is 15.6 Å². The zero-order chi connectivity index (χ0) is 16.1. The van der Waals surface area contributed by atoms with Crippen molar-refractivity contribution >= 4 is 39.7 Å². The van der Waals surface area contributed by atoms with E-state index in [1.807, 2.05) is 11.4 Å². The minimum absolute atomic E-state index is 0.274. The number of hydrogen-bond donors (Lipinski definition) is 4. The highest BCUT2D eigenvalue weighted by molar-refractivity contribution is 7.13. The average molecular weight is 327 g/mol. The summed E-state index contributed by atoms with van der Waals surface area (Å²) in [5, 5.41) is 5.48. The lowest BCUT2D eigenvalue weighted by atomic mass is 10.2. The lowest BCUT2D eigenvalue weighted by molar-refractivity contribution is 0.0962. The van der Waals surface area contributed by atoms with E-state index in [4.69, 9.17) is 5.73 Å². The first-order chi connectivity index (χ1) is 11.2. The van der Waals surface area contributed by atoms with Crippen LogP contribution in [0.2, 0.25) is 0 Å². The Balaban J connectivity index is 1.70. The van der Waals surface area contributed by atoms with Gasteiger partial charge in [0.25, 0.3) is 5.91 Å². The maximum absolute atomic E-state index is 12.0. The van der Waals surface area contributed by atoms with Crippen LogP contribution in [0.3, 0.4) is 0 Å². The fourth-order valence-electron chi connectivity index (χ4n) is 1.76. The van der Waals surface area contributed by atoms with Gasteiger partial charge in [-0.05, 0) is 12.1 Å². The van der Waals surface area contributed by atoms with Gasteiger partial charge in [0.2, 0.25) is 0 Å². The number of anilines is 4. The lowest BCUT2D eigenvalue weighted by Crippen LogP contribution is -2.30. The van der Waals surface area contributed by atoms with Crippen LogP contribution in [0.5, 0.6) is 0 Å². The molecular formula is C14H13N7OS. The van der Waals surface area contributed by atoms with Crippen molar-refractivity contribution in [1.82, 2.24) is 20.4 Å². The van der Waals surface area contributed by atoms with E-state index in [0.717, 1.165) is 0 Å². The van der Waals surface area contributed by atoms with Crippen LogP contribution in [0, 0.1) is 0 Å². The third kappa shape index (κ3) is 3.52. The molecule has 2 heterocycles. The van der Waals surface area contributed by atoms with E-state index in [1.54, 1.807) is 30.5 Å². The number of hydrazine groups is 1. The molecule has 0 fully saturated rings. The van der Waals surface area contributed by atoms with E-state index in [1.165, 1.54) is 17.7 Å². The van der Waals surface area contributed by atoms with E-state index in [0.29, 0.717) is 22.3 Å². The van der Waals surface area contributed by atoms with Gasteiger partial charge in [-0.1, -0.05) is 18.2 Å². The number of hydrogen-bond acceptors (Lipinski definition) is 8. The van der Waals surface area contributed by atoms with Crippen LogP contribution in [0.15, 0.2) is 48.2 Å². The molecule has 0 saturated carbocycles. The lowest BCUT2D eigenvalue weighted by Gasteiger charge is -2.12. The Morgan fingerprint density at radius 3 is 2.61 bits per heavy atom. The molecular weight excluding hydrogens is 314 g/mol. The summed E-state index contributed by atoms with van der Waals surface area (Å²) in [6, 6.07) is 8.81. The fourth-order valence-corrected chi connectivity index (χ4v) is 2.29. The van der Waals surface area contributed by atoms with E-state index in [2.05, 4.69) is 31.1 Å². The number of aromatic nitrogens is 3. The molecule has 0 atom stereocenters. The molecule has 0 aliphatic rings. The molecule has 2 aromatic heterocycles. The van der Waals surface area contributed by atoms with Crippen LogP contribution in [-0.4, -0.2) is 20.9 Å². The SMILES string of the molecule is Nc1c(NNC(=O)c2ccccc2)ncnc1Nc1nccs1. The summed E-state index contributed by atoms with van der Waals surface area (Å²) in [5.41, 5.74) is 12.0. The van der Waals surface area contributed by atoms with Gasteiger partial charge in [-0.15, -0.1) is 11.3 Å². The fraction of sp³-hybridized carbons (Fsp3) is 0. The molecule has 0 saturated heterocycles. The van der Waals surface area contributed by atoms with Gasteiger partial charge < -0.3 is 11.1 Å². The van der Waals surface area contributed by atoms with Crippen LogP contribution in [-0.2, 0) is 0 Å². The van der Waals surface area contributed by atoms with Gasteiger partial charge in [0.15, 0.2) is 16.8 Å². The zero-order valence-corrected chi connectivity index (χ0v) is 12.7. The number of amides is 1. The van der Waals surface area contributed by atoms with Crippen molar-refractivity contribution in [2.45, 2.75) is 0 Å². The summed E-state index contributed by atoms with van der Waals surface area (Å²) in [6.45, 7) is 0. The molecule has 3 rings (SSSR count). The zero-order valence-electron chi connectivity index (χ0n) is 11.9. The van der Waals surface area contributed by atoms with Gasteiger partial charge in [0.05, 0.1) is 0 Å². The number of nitrogens with one attached hydrogen (secondary N) is 3. The molecule has 0 bridgehead atoms. The number of nitrogens with zero attached hydrogens (tertiary/aromatic N) is 3. The van der Waals surface area contributed by atoms with Crippen molar-refractivity contribution in [2.24, 2.45) is 0 Å². The molecule has 23 heavy (non-hydrogen) atoms. The minimum Gasteiger partial charge on any atom is -0.393 e. The molecule has 3 aromatic rings. The van der Waals surface area contributed by atoms with E-state index in [-0.39, 0.29) is 11.6 Å². The summed E-state index contributed by atoms with van der Waals surface area (Å²) in [5.74, 6) is 0.410. The first-order valence-electron chi connectivity index (χ1n) is 6.62. The number of carbonyl (C=O) groups is 1. The standard InChI is InChI=1S/C14H13N7OS/c15-10-11(19-14-16-6-7-23-14)17-8-18-12(10)20-21-13(22)9-4-2-1-3-5-9/h1-8H,15H2,(H,21,22)(H2,16,17,18,19,20).